The van der Waals surface area contributed by atoms with Gasteiger partial charge in [0.1, 0.15) is 5.82 Å². The van der Waals surface area contributed by atoms with E-state index in [0.717, 1.165) is 0 Å². The second-order valence-electron chi connectivity index (χ2n) is 3.69. The summed E-state index contributed by atoms with van der Waals surface area (Å²) in [6.07, 6.45) is 0. The topological polar surface area (TPSA) is 0 Å². The molecule has 0 saturated carbocycles. The van der Waals surface area contributed by atoms with Crippen LogP contribution in [0.4, 0.5) is 4.39 Å². The Labute approximate surface area is 128 Å². The SMILES string of the molecule is Fc1cc(Br)ccc1C(Cl)c1cc(Cl)ccc1Cl. The molecule has 0 bridgehead atoms. The first-order valence-corrected chi connectivity index (χ1v) is 7.01. The van der Waals surface area contributed by atoms with Gasteiger partial charge in [0.05, 0.1) is 5.38 Å². The second-order valence-corrected chi connectivity index (χ2v) is 5.89. The van der Waals surface area contributed by atoms with E-state index in [0.29, 0.717) is 25.6 Å². The lowest BCUT2D eigenvalue weighted by Gasteiger charge is -2.13. The molecular weight excluding hydrogens is 361 g/mol. The van der Waals surface area contributed by atoms with Crippen molar-refractivity contribution in [2.75, 3.05) is 0 Å². The first-order chi connectivity index (χ1) is 8.49. The summed E-state index contributed by atoms with van der Waals surface area (Å²) in [7, 11) is 0. The highest BCUT2D eigenvalue weighted by molar-refractivity contribution is 9.10. The molecule has 0 amide bonds. The van der Waals surface area contributed by atoms with Crippen molar-refractivity contribution in [2.24, 2.45) is 0 Å². The summed E-state index contributed by atoms with van der Waals surface area (Å²) in [6.45, 7) is 0. The highest BCUT2D eigenvalue weighted by Gasteiger charge is 2.18. The van der Waals surface area contributed by atoms with Gasteiger partial charge in [-0.15, -0.1) is 11.6 Å². The molecule has 0 heterocycles. The third-order valence-corrected chi connectivity index (χ3v) is 4.01. The van der Waals surface area contributed by atoms with Crippen LogP contribution < -0.4 is 0 Å². The Morgan fingerprint density at radius 3 is 2.39 bits per heavy atom. The van der Waals surface area contributed by atoms with Crippen LogP contribution in [0.1, 0.15) is 16.5 Å². The molecule has 0 aliphatic carbocycles. The Balaban J connectivity index is 2.47. The molecule has 2 aromatic rings. The summed E-state index contributed by atoms with van der Waals surface area (Å²) < 4.78 is 14.5. The zero-order valence-electron chi connectivity index (χ0n) is 8.93. The smallest absolute Gasteiger partial charge is 0.129 e. The molecule has 5 heteroatoms. The lowest BCUT2D eigenvalue weighted by atomic mass is 10.0. The van der Waals surface area contributed by atoms with Crippen LogP contribution >= 0.6 is 50.7 Å². The Morgan fingerprint density at radius 2 is 1.72 bits per heavy atom. The van der Waals surface area contributed by atoms with Crippen LogP contribution in [0.15, 0.2) is 40.9 Å². The number of halogens is 5. The fourth-order valence-electron chi connectivity index (χ4n) is 1.58. The quantitative estimate of drug-likeness (QED) is 0.552. The first kappa shape index (κ1) is 14.1. The minimum atomic E-state index is -0.677. The van der Waals surface area contributed by atoms with E-state index in [9.17, 15) is 4.39 Å². The second kappa shape index (κ2) is 5.79. The van der Waals surface area contributed by atoms with E-state index in [2.05, 4.69) is 15.9 Å². The number of hydrogen-bond acceptors (Lipinski definition) is 0. The van der Waals surface area contributed by atoms with Gasteiger partial charge in [0, 0.05) is 20.1 Å². The van der Waals surface area contributed by atoms with Gasteiger partial charge in [-0.1, -0.05) is 45.2 Å². The van der Waals surface area contributed by atoms with E-state index in [1.807, 2.05) is 0 Å². The number of rotatable bonds is 2. The van der Waals surface area contributed by atoms with Crippen molar-refractivity contribution in [3.8, 4) is 0 Å². The molecule has 0 fully saturated rings. The standard InChI is InChI=1S/C13H7BrCl3F/c14-7-1-3-9(12(18)5-7)13(17)10-6-8(15)2-4-11(10)16/h1-6,13H. The van der Waals surface area contributed by atoms with Crippen LogP contribution in [-0.4, -0.2) is 0 Å². The minimum absolute atomic E-state index is 0.365. The predicted octanol–water partition coefficient (Wildman–Crippen LogP) is 6.22. The molecule has 18 heavy (non-hydrogen) atoms. The van der Waals surface area contributed by atoms with Crippen LogP contribution in [0.3, 0.4) is 0 Å². The van der Waals surface area contributed by atoms with Crippen molar-refractivity contribution in [3.05, 3.63) is 67.9 Å². The van der Waals surface area contributed by atoms with Gasteiger partial charge in [-0.05, 0) is 35.9 Å². The Kier molecular flexibility index (Phi) is 4.54. The van der Waals surface area contributed by atoms with E-state index in [4.69, 9.17) is 34.8 Å². The van der Waals surface area contributed by atoms with Crippen LogP contribution in [0, 0.1) is 5.82 Å². The molecule has 0 aliphatic rings. The van der Waals surface area contributed by atoms with Crippen molar-refractivity contribution >= 4 is 50.7 Å². The van der Waals surface area contributed by atoms with Crippen molar-refractivity contribution in [1.29, 1.82) is 0 Å². The van der Waals surface area contributed by atoms with E-state index >= 15 is 0 Å². The molecule has 0 radical (unpaired) electrons. The molecule has 0 aromatic heterocycles. The first-order valence-electron chi connectivity index (χ1n) is 5.03. The molecule has 1 unspecified atom stereocenters. The lowest BCUT2D eigenvalue weighted by molar-refractivity contribution is 0.611. The van der Waals surface area contributed by atoms with Crippen molar-refractivity contribution < 1.29 is 4.39 Å². The maximum atomic E-state index is 13.8. The minimum Gasteiger partial charge on any atom is -0.207 e. The summed E-state index contributed by atoms with van der Waals surface area (Å²) >= 11 is 21.4. The predicted molar refractivity (Wildman–Crippen MR) is 78.3 cm³/mol. The number of hydrogen-bond donors (Lipinski definition) is 0. The average molecular weight is 368 g/mol. The van der Waals surface area contributed by atoms with Crippen LogP contribution in [0.2, 0.25) is 10.0 Å². The van der Waals surface area contributed by atoms with Crippen molar-refractivity contribution in [1.82, 2.24) is 0 Å². The number of alkyl halides is 1. The van der Waals surface area contributed by atoms with Gasteiger partial charge in [-0.3, -0.25) is 0 Å². The summed E-state index contributed by atoms with van der Waals surface area (Å²) in [5.41, 5.74) is 0.955. The monoisotopic (exact) mass is 366 g/mol. The summed E-state index contributed by atoms with van der Waals surface area (Å²) in [4.78, 5) is 0. The van der Waals surface area contributed by atoms with Crippen LogP contribution in [-0.2, 0) is 0 Å². The molecule has 0 spiro atoms. The van der Waals surface area contributed by atoms with Crippen LogP contribution in [0.25, 0.3) is 0 Å². The van der Waals surface area contributed by atoms with Crippen LogP contribution in [0.5, 0.6) is 0 Å². The normalized spacial score (nSPS) is 12.5. The van der Waals surface area contributed by atoms with Gasteiger partial charge in [0.2, 0.25) is 0 Å². The Morgan fingerprint density at radius 1 is 1.00 bits per heavy atom. The number of benzene rings is 2. The Bertz CT molecular complexity index is 586. The van der Waals surface area contributed by atoms with Gasteiger partial charge >= 0.3 is 0 Å². The molecule has 0 N–H and O–H groups in total. The van der Waals surface area contributed by atoms with E-state index in [1.54, 1.807) is 30.3 Å². The van der Waals surface area contributed by atoms with E-state index in [1.165, 1.54) is 6.07 Å². The summed E-state index contributed by atoms with van der Waals surface area (Å²) in [6, 6.07) is 9.66. The lowest BCUT2D eigenvalue weighted by Crippen LogP contribution is -1.98. The van der Waals surface area contributed by atoms with Gasteiger partial charge < -0.3 is 0 Å². The molecular formula is C13H7BrCl3F. The molecule has 94 valence electrons. The summed E-state index contributed by atoms with van der Waals surface area (Å²) in [5.74, 6) is -0.389. The third kappa shape index (κ3) is 3.00. The zero-order chi connectivity index (χ0) is 13.3. The van der Waals surface area contributed by atoms with Crippen molar-refractivity contribution in [3.63, 3.8) is 0 Å². The van der Waals surface area contributed by atoms with Gasteiger partial charge in [-0.25, -0.2) is 4.39 Å². The van der Waals surface area contributed by atoms with Crippen molar-refractivity contribution in [2.45, 2.75) is 5.38 Å². The third-order valence-electron chi connectivity index (χ3n) is 2.47. The molecule has 0 aliphatic heterocycles. The molecule has 0 nitrogen and oxygen atoms in total. The fourth-order valence-corrected chi connectivity index (χ4v) is 2.74. The zero-order valence-corrected chi connectivity index (χ0v) is 12.8. The van der Waals surface area contributed by atoms with Gasteiger partial charge in [0.15, 0.2) is 0 Å². The highest BCUT2D eigenvalue weighted by Crippen LogP contribution is 2.36. The Hall–Kier alpha value is -0.280. The largest absolute Gasteiger partial charge is 0.207 e. The fraction of sp³-hybridized carbons (Fsp3) is 0.0769. The highest BCUT2D eigenvalue weighted by atomic mass is 79.9. The molecule has 2 rings (SSSR count). The van der Waals surface area contributed by atoms with Gasteiger partial charge in [-0.2, -0.15) is 0 Å². The van der Waals surface area contributed by atoms with E-state index in [-0.39, 0.29) is 5.82 Å². The molecule has 2 aromatic carbocycles. The average Bonchev–Trinajstić information content (AvgIpc) is 2.31. The maximum absolute atomic E-state index is 13.8. The maximum Gasteiger partial charge on any atom is 0.129 e. The van der Waals surface area contributed by atoms with Gasteiger partial charge in [0.25, 0.3) is 0 Å². The summed E-state index contributed by atoms with van der Waals surface area (Å²) in [5, 5.41) is 0.295. The van der Waals surface area contributed by atoms with E-state index < -0.39 is 5.38 Å². The molecule has 1 atom stereocenters. The molecule has 0 saturated heterocycles.